The molecule has 1 aromatic heterocycles. The number of H-pyrrole nitrogens is 1. The highest BCUT2D eigenvalue weighted by molar-refractivity contribution is 5.89. The molecule has 1 atom stereocenters. The Morgan fingerprint density at radius 2 is 2.12 bits per heavy atom. The van der Waals surface area contributed by atoms with Gasteiger partial charge in [-0.05, 0) is 44.4 Å². The lowest BCUT2D eigenvalue weighted by Crippen LogP contribution is -2.45. The molecule has 5 nitrogen and oxygen atoms in total. The molecule has 5 heteroatoms. The number of nitrogens with zero attached hydrogens (tertiary/aromatic N) is 2. The van der Waals surface area contributed by atoms with Crippen LogP contribution in [0.15, 0.2) is 24.3 Å². The number of aromatic nitrogens is 2. The second-order valence-corrected chi connectivity index (χ2v) is 7.53. The number of hydrogen-bond donors (Lipinski definition) is 2. The molecular weight excluding hydrogens is 312 g/mol. The zero-order valence-corrected chi connectivity index (χ0v) is 15.0. The largest absolute Gasteiger partial charge is 0.322 e. The van der Waals surface area contributed by atoms with E-state index in [1.807, 2.05) is 36.1 Å². The van der Waals surface area contributed by atoms with Gasteiger partial charge >= 0.3 is 6.03 Å². The highest BCUT2D eigenvalue weighted by Gasteiger charge is 2.33. The predicted molar refractivity (Wildman–Crippen MR) is 98.7 cm³/mol. The normalized spacial score (nSPS) is 20.6. The van der Waals surface area contributed by atoms with Crippen molar-refractivity contribution in [3.63, 3.8) is 0 Å². The fourth-order valence-corrected chi connectivity index (χ4v) is 4.22. The summed E-state index contributed by atoms with van der Waals surface area (Å²) in [6.45, 7) is 4.79. The Bertz CT molecular complexity index is 776. The van der Waals surface area contributed by atoms with Crippen LogP contribution in [0.3, 0.4) is 0 Å². The summed E-state index contributed by atoms with van der Waals surface area (Å²) in [5, 5.41) is 10.9. The monoisotopic (exact) mass is 338 g/mol. The lowest BCUT2D eigenvalue weighted by Gasteiger charge is -2.33. The third-order valence-corrected chi connectivity index (χ3v) is 5.62. The van der Waals surface area contributed by atoms with Crippen molar-refractivity contribution in [2.24, 2.45) is 0 Å². The van der Waals surface area contributed by atoms with Crippen LogP contribution < -0.4 is 5.32 Å². The van der Waals surface area contributed by atoms with Crippen molar-refractivity contribution < 1.29 is 4.79 Å². The van der Waals surface area contributed by atoms with E-state index in [2.05, 4.69) is 22.4 Å². The molecule has 2 aliphatic rings. The number of aromatic amines is 1. The molecule has 2 amide bonds. The topological polar surface area (TPSA) is 61.0 Å². The number of rotatable bonds is 2. The zero-order valence-electron chi connectivity index (χ0n) is 15.0. The molecule has 1 aromatic carbocycles. The molecule has 1 aliphatic heterocycles. The number of carbonyl (C=O) groups is 1. The Hall–Kier alpha value is -2.30. The molecule has 4 rings (SSSR count). The van der Waals surface area contributed by atoms with Crippen molar-refractivity contribution in [2.75, 3.05) is 5.32 Å². The highest BCUT2D eigenvalue weighted by Crippen LogP contribution is 2.37. The molecule has 0 radical (unpaired) electrons. The molecule has 0 saturated heterocycles. The molecule has 132 valence electrons. The number of amides is 2. The molecule has 0 bridgehead atoms. The molecule has 0 unspecified atom stereocenters. The first-order chi connectivity index (χ1) is 12.1. The Morgan fingerprint density at radius 3 is 2.88 bits per heavy atom. The van der Waals surface area contributed by atoms with Gasteiger partial charge in [0.15, 0.2) is 0 Å². The number of hydrogen-bond acceptors (Lipinski definition) is 2. The highest BCUT2D eigenvalue weighted by atomic mass is 16.2. The summed E-state index contributed by atoms with van der Waals surface area (Å²) in [5.41, 5.74) is 5.67. The van der Waals surface area contributed by atoms with Crippen LogP contribution in [0, 0.1) is 6.92 Å². The second kappa shape index (κ2) is 6.54. The van der Waals surface area contributed by atoms with Crippen LogP contribution in [0.2, 0.25) is 0 Å². The minimum atomic E-state index is -0.0256. The van der Waals surface area contributed by atoms with Gasteiger partial charge in [-0.15, -0.1) is 0 Å². The molecule has 1 aliphatic carbocycles. The van der Waals surface area contributed by atoms with E-state index in [0.29, 0.717) is 12.5 Å². The van der Waals surface area contributed by atoms with Gasteiger partial charge in [-0.2, -0.15) is 5.10 Å². The van der Waals surface area contributed by atoms with Crippen molar-refractivity contribution >= 4 is 11.7 Å². The van der Waals surface area contributed by atoms with Gasteiger partial charge in [-0.3, -0.25) is 5.10 Å². The number of aryl methyl sites for hydroxylation is 1. The van der Waals surface area contributed by atoms with Gasteiger partial charge in [-0.25, -0.2) is 4.79 Å². The summed E-state index contributed by atoms with van der Waals surface area (Å²) in [6.07, 6.45) is 5.88. The van der Waals surface area contributed by atoms with E-state index in [1.165, 1.54) is 42.6 Å². The number of fused-ring (bicyclic) bond motifs is 1. The van der Waals surface area contributed by atoms with Gasteiger partial charge in [0.1, 0.15) is 0 Å². The first-order valence-electron chi connectivity index (χ1n) is 9.32. The maximum Gasteiger partial charge on any atom is 0.322 e. The van der Waals surface area contributed by atoms with Crippen LogP contribution in [0.25, 0.3) is 0 Å². The molecule has 2 N–H and O–H groups in total. The van der Waals surface area contributed by atoms with Crippen molar-refractivity contribution in [3.05, 3.63) is 46.8 Å². The fourth-order valence-electron chi connectivity index (χ4n) is 4.22. The average Bonchev–Trinajstić information content (AvgIpc) is 3.22. The second-order valence-electron chi connectivity index (χ2n) is 7.53. The third-order valence-electron chi connectivity index (χ3n) is 5.62. The number of nitrogens with one attached hydrogen (secondary N) is 2. The lowest BCUT2D eigenvalue weighted by atomic mass is 9.93. The van der Waals surface area contributed by atoms with Crippen molar-refractivity contribution in [1.82, 2.24) is 15.1 Å². The van der Waals surface area contributed by atoms with E-state index in [1.54, 1.807) is 0 Å². The van der Waals surface area contributed by atoms with Gasteiger partial charge in [0.25, 0.3) is 0 Å². The molecular formula is C20H26N4O. The quantitative estimate of drug-likeness (QED) is 0.855. The summed E-state index contributed by atoms with van der Waals surface area (Å²) < 4.78 is 0. The Morgan fingerprint density at radius 1 is 1.32 bits per heavy atom. The Labute approximate surface area is 148 Å². The Kier molecular flexibility index (Phi) is 4.24. The van der Waals surface area contributed by atoms with E-state index in [-0.39, 0.29) is 12.1 Å². The maximum atomic E-state index is 12.8. The SMILES string of the molecule is Cc1cccc(NC(=O)N2Cc3c(C4CCCC4)n[nH]c3C[C@H]2C)c1. The predicted octanol–water partition coefficient (Wildman–Crippen LogP) is 4.35. The summed E-state index contributed by atoms with van der Waals surface area (Å²) in [6, 6.07) is 8.07. The third kappa shape index (κ3) is 3.15. The standard InChI is InChI=1S/C20H26N4O/c1-13-6-5-9-16(10-13)21-20(25)24-12-17-18(11-14(24)2)22-23-19(17)15-7-3-4-8-15/h5-6,9-10,14-15H,3-4,7-8,11-12H2,1-2H3,(H,21,25)(H,22,23)/t14-/m1/s1. The summed E-state index contributed by atoms with van der Waals surface area (Å²) in [5.74, 6) is 0.565. The molecule has 1 fully saturated rings. The number of carbonyl (C=O) groups excluding carboxylic acids is 1. The minimum Gasteiger partial charge on any atom is -0.317 e. The molecule has 0 spiro atoms. The first-order valence-corrected chi connectivity index (χ1v) is 9.32. The summed E-state index contributed by atoms with van der Waals surface area (Å²) in [7, 11) is 0. The van der Waals surface area contributed by atoms with Crippen LogP contribution in [0.1, 0.15) is 61.0 Å². The van der Waals surface area contributed by atoms with E-state index in [9.17, 15) is 4.79 Å². The van der Waals surface area contributed by atoms with Gasteiger partial charge in [-0.1, -0.05) is 25.0 Å². The van der Waals surface area contributed by atoms with E-state index >= 15 is 0 Å². The van der Waals surface area contributed by atoms with E-state index in [4.69, 9.17) is 0 Å². The van der Waals surface area contributed by atoms with Crippen molar-refractivity contribution in [2.45, 2.75) is 64.5 Å². The van der Waals surface area contributed by atoms with Gasteiger partial charge < -0.3 is 10.2 Å². The molecule has 25 heavy (non-hydrogen) atoms. The minimum absolute atomic E-state index is 0.0256. The number of anilines is 1. The summed E-state index contributed by atoms with van der Waals surface area (Å²) in [4.78, 5) is 14.8. The number of benzene rings is 1. The van der Waals surface area contributed by atoms with E-state index in [0.717, 1.165) is 17.7 Å². The van der Waals surface area contributed by atoms with E-state index < -0.39 is 0 Å². The fraction of sp³-hybridized carbons (Fsp3) is 0.500. The van der Waals surface area contributed by atoms with Crippen LogP contribution in [0.5, 0.6) is 0 Å². The smallest absolute Gasteiger partial charge is 0.317 e. The van der Waals surface area contributed by atoms with Crippen LogP contribution in [-0.4, -0.2) is 27.2 Å². The summed E-state index contributed by atoms with van der Waals surface area (Å²) >= 11 is 0. The lowest BCUT2D eigenvalue weighted by molar-refractivity contribution is 0.181. The van der Waals surface area contributed by atoms with Gasteiger partial charge in [0, 0.05) is 35.3 Å². The van der Waals surface area contributed by atoms with Gasteiger partial charge in [0.2, 0.25) is 0 Å². The molecule has 2 aromatic rings. The Balaban J connectivity index is 1.53. The van der Waals surface area contributed by atoms with Crippen LogP contribution >= 0.6 is 0 Å². The molecule has 1 saturated carbocycles. The number of urea groups is 1. The zero-order chi connectivity index (χ0) is 17.4. The average molecular weight is 338 g/mol. The van der Waals surface area contributed by atoms with Crippen molar-refractivity contribution in [3.8, 4) is 0 Å². The first kappa shape index (κ1) is 16.2. The van der Waals surface area contributed by atoms with Gasteiger partial charge in [0.05, 0.1) is 12.2 Å². The van der Waals surface area contributed by atoms with Crippen molar-refractivity contribution in [1.29, 1.82) is 0 Å². The maximum absolute atomic E-state index is 12.8. The van der Waals surface area contributed by atoms with Crippen LogP contribution in [0.4, 0.5) is 10.5 Å². The van der Waals surface area contributed by atoms with Crippen LogP contribution in [-0.2, 0) is 13.0 Å². The molecule has 2 heterocycles.